The lowest BCUT2D eigenvalue weighted by Crippen LogP contribution is -2.11. The van der Waals surface area contributed by atoms with Crippen LogP contribution < -0.4 is 15.4 Å². The molecule has 0 fully saturated rings. The number of methoxy groups -OCH3 is 1. The molecule has 0 unspecified atom stereocenters. The van der Waals surface area contributed by atoms with E-state index in [1.807, 2.05) is 60.8 Å². The molecule has 5 nitrogen and oxygen atoms in total. The molecule has 25 heavy (non-hydrogen) atoms. The number of carbonyl (C=O) groups excluding carboxylic acids is 1. The van der Waals surface area contributed by atoms with E-state index < -0.39 is 0 Å². The van der Waals surface area contributed by atoms with Gasteiger partial charge in [0.15, 0.2) is 5.13 Å². The predicted octanol–water partition coefficient (Wildman–Crippen LogP) is 4.32. The fraction of sp³-hybridized carbons (Fsp3) is 0.158. The number of aryl methyl sites for hydroxylation is 1. The largest absolute Gasteiger partial charge is 0.497 e. The number of rotatable bonds is 6. The Balaban J connectivity index is 1.58. The van der Waals surface area contributed by atoms with Crippen LogP contribution in [-0.2, 0) is 6.54 Å². The van der Waals surface area contributed by atoms with Crippen molar-refractivity contribution in [3.8, 4) is 5.75 Å². The first-order valence-corrected chi connectivity index (χ1v) is 8.72. The monoisotopic (exact) mass is 353 g/mol. The van der Waals surface area contributed by atoms with E-state index in [4.69, 9.17) is 4.74 Å². The number of benzene rings is 2. The summed E-state index contributed by atoms with van der Waals surface area (Å²) >= 11 is 1.42. The number of nitrogens with one attached hydrogen (secondary N) is 2. The van der Waals surface area contributed by atoms with Gasteiger partial charge in [-0.15, -0.1) is 11.3 Å². The van der Waals surface area contributed by atoms with Crippen LogP contribution in [-0.4, -0.2) is 18.0 Å². The van der Waals surface area contributed by atoms with Gasteiger partial charge in [0.25, 0.3) is 5.91 Å². The lowest BCUT2D eigenvalue weighted by molar-refractivity contribution is 0.102. The molecule has 0 saturated carbocycles. The molecule has 0 spiro atoms. The molecule has 0 aliphatic rings. The zero-order valence-electron chi connectivity index (χ0n) is 14.1. The molecule has 1 amide bonds. The van der Waals surface area contributed by atoms with Crippen molar-refractivity contribution < 1.29 is 9.53 Å². The average Bonchev–Trinajstić information content (AvgIpc) is 3.05. The first-order valence-electron chi connectivity index (χ1n) is 7.84. The van der Waals surface area contributed by atoms with Crippen molar-refractivity contribution in [3.05, 3.63) is 70.7 Å². The summed E-state index contributed by atoms with van der Waals surface area (Å²) in [4.78, 5) is 16.4. The Labute approximate surface area is 150 Å². The van der Waals surface area contributed by atoms with Gasteiger partial charge < -0.3 is 10.1 Å². The minimum atomic E-state index is -0.151. The van der Waals surface area contributed by atoms with Crippen LogP contribution in [0.4, 0.5) is 10.8 Å². The third-order valence-electron chi connectivity index (χ3n) is 3.62. The quantitative estimate of drug-likeness (QED) is 0.692. The standard InChI is InChI=1S/C19H19N3O2S/c1-13-12-25-19(21-13)22-18(23)15-8-6-14(7-9-15)11-20-16-4-3-5-17(10-16)24-2/h3-10,12,20H,11H2,1-2H3,(H,21,22,23). The van der Waals surface area contributed by atoms with Crippen molar-refractivity contribution >= 4 is 28.1 Å². The fourth-order valence-electron chi connectivity index (χ4n) is 2.29. The Hall–Kier alpha value is -2.86. The number of ether oxygens (including phenoxy) is 1. The minimum Gasteiger partial charge on any atom is -0.497 e. The summed E-state index contributed by atoms with van der Waals surface area (Å²) in [5, 5.41) is 8.67. The molecule has 0 radical (unpaired) electrons. The van der Waals surface area contributed by atoms with Crippen molar-refractivity contribution in [1.82, 2.24) is 4.98 Å². The Kier molecular flexibility index (Phi) is 5.30. The van der Waals surface area contributed by atoms with Crippen LogP contribution in [0, 0.1) is 6.92 Å². The summed E-state index contributed by atoms with van der Waals surface area (Å²) in [6, 6.07) is 15.3. The van der Waals surface area contributed by atoms with Crippen LogP contribution in [0.25, 0.3) is 0 Å². The summed E-state index contributed by atoms with van der Waals surface area (Å²) in [6.45, 7) is 2.57. The van der Waals surface area contributed by atoms with Crippen molar-refractivity contribution in [2.24, 2.45) is 0 Å². The van der Waals surface area contributed by atoms with E-state index in [0.29, 0.717) is 17.2 Å². The molecule has 1 aromatic heterocycles. The molecule has 128 valence electrons. The molecule has 0 bridgehead atoms. The molecule has 3 aromatic rings. The van der Waals surface area contributed by atoms with Crippen LogP contribution in [0.15, 0.2) is 53.9 Å². The average molecular weight is 353 g/mol. The van der Waals surface area contributed by atoms with Crippen molar-refractivity contribution in [3.63, 3.8) is 0 Å². The number of hydrogen-bond donors (Lipinski definition) is 2. The van der Waals surface area contributed by atoms with Gasteiger partial charge in [-0.2, -0.15) is 0 Å². The van der Waals surface area contributed by atoms with Crippen molar-refractivity contribution in [2.75, 3.05) is 17.7 Å². The van der Waals surface area contributed by atoms with E-state index in [-0.39, 0.29) is 5.91 Å². The number of thiazole rings is 1. The Morgan fingerprint density at radius 3 is 2.68 bits per heavy atom. The maximum atomic E-state index is 12.2. The van der Waals surface area contributed by atoms with Crippen molar-refractivity contribution in [1.29, 1.82) is 0 Å². The van der Waals surface area contributed by atoms with Crippen LogP contribution in [0.2, 0.25) is 0 Å². The van der Waals surface area contributed by atoms with E-state index >= 15 is 0 Å². The predicted molar refractivity (Wildman–Crippen MR) is 102 cm³/mol. The topological polar surface area (TPSA) is 63.2 Å². The van der Waals surface area contributed by atoms with E-state index in [2.05, 4.69) is 15.6 Å². The zero-order valence-corrected chi connectivity index (χ0v) is 14.9. The SMILES string of the molecule is COc1cccc(NCc2ccc(C(=O)Nc3nc(C)cs3)cc2)c1. The molecule has 0 atom stereocenters. The molecule has 0 aliphatic carbocycles. The highest BCUT2D eigenvalue weighted by atomic mass is 32.1. The first-order chi connectivity index (χ1) is 12.1. The Bertz CT molecular complexity index is 859. The maximum Gasteiger partial charge on any atom is 0.257 e. The number of aromatic nitrogens is 1. The molecule has 2 N–H and O–H groups in total. The summed E-state index contributed by atoms with van der Waals surface area (Å²) < 4.78 is 5.21. The summed E-state index contributed by atoms with van der Waals surface area (Å²) in [6.07, 6.45) is 0. The molecule has 0 aliphatic heterocycles. The molecular weight excluding hydrogens is 334 g/mol. The molecule has 0 saturated heterocycles. The zero-order chi connectivity index (χ0) is 17.6. The third-order valence-corrected chi connectivity index (χ3v) is 4.50. The molecule has 2 aromatic carbocycles. The van der Waals surface area contributed by atoms with Crippen LogP contribution >= 0.6 is 11.3 Å². The van der Waals surface area contributed by atoms with Crippen molar-refractivity contribution in [2.45, 2.75) is 13.5 Å². The number of hydrogen-bond acceptors (Lipinski definition) is 5. The summed E-state index contributed by atoms with van der Waals surface area (Å²) in [7, 11) is 1.65. The summed E-state index contributed by atoms with van der Waals surface area (Å²) in [5.41, 5.74) is 3.59. The van der Waals surface area contributed by atoms with E-state index in [1.54, 1.807) is 7.11 Å². The maximum absolute atomic E-state index is 12.2. The first kappa shape index (κ1) is 17.0. The fourth-order valence-corrected chi connectivity index (χ4v) is 2.98. The molecule has 6 heteroatoms. The van der Waals surface area contributed by atoms with Gasteiger partial charge in [-0.1, -0.05) is 18.2 Å². The highest BCUT2D eigenvalue weighted by Gasteiger charge is 2.08. The van der Waals surface area contributed by atoms with Crippen LogP contribution in [0.5, 0.6) is 5.75 Å². The van der Waals surface area contributed by atoms with Gasteiger partial charge in [0.2, 0.25) is 0 Å². The van der Waals surface area contributed by atoms with Gasteiger partial charge in [-0.05, 0) is 36.8 Å². The number of amides is 1. The van der Waals surface area contributed by atoms with E-state index in [1.165, 1.54) is 11.3 Å². The Morgan fingerprint density at radius 2 is 2.00 bits per heavy atom. The number of anilines is 2. The van der Waals surface area contributed by atoms with Crippen LogP contribution in [0.1, 0.15) is 21.6 Å². The van der Waals surface area contributed by atoms with Gasteiger partial charge in [-0.25, -0.2) is 4.98 Å². The normalized spacial score (nSPS) is 10.3. The van der Waals surface area contributed by atoms with Gasteiger partial charge in [0.05, 0.1) is 12.8 Å². The lowest BCUT2D eigenvalue weighted by atomic mass is 10.1. The van der Waals surface area contributed by atoms with E-state index in [9.17, 15) is 4.79 Å². The number of nitrogens with zero attached hydrogens (tertiary/aromatic N) is 1. The smallest absolute Gasteiger partial charge is 0.257 e. The Morgan fingerprint density at radius 1 is 1.20 bits per heavy atom. The van der Waals surface area contributed by atoms with Crippen LogP contribution in [0.3, 0.4) is 0 Å². The second kappa shape index (κ2) is 7.81. The second-order valence-electron chi connectivity index (χ2n) is 5.53. The van der Waals surface area contributed by atoms with Gasteiger partial charge in [0, 0.05) is 29.2 Å². The summed E-state index contributed by atoms with van der Waals surface area (Å²) in [5.74, 6) is 0.663. The molecule has 1 heterocycles. The van der Waals surface area contributed by atoms with Gasteiger partial charge >= 0.3 is 0 Å². The van der Waals surface area contributed by atoms with Gasteiger partial charge in [0.1, 0.15) is 5.75 Å². The highest BCUT2D eigenvalue weighted by molar-refractivity contribution is 7.13. The minimum absolute atomic E-state index is 0.151. The third kappa shape index (κ3) is 4.58. The second-order valence-corrected chi connectivity index (χ2v) is 6.39. The van der Waals surface area contributed by atoms with E-state index in [0.717, 1.165) is 22.7 Å². The molecular formula is C19H19N3O2S. The molecule has 3 rings (SSSR count). The van der Waals surface area contributed by atoms with Gasteiger partial charge in [-0.3, -0.25) is 10.1 Å². The lowest BCUT2D eigenvalue weighted by Gasteiger charge is -2.09. The number of carbonyl (C=O) groups is 1. The highest BCUT2D eigenvalue weighted by Crippen LogP contribution is 2.18.